The first-order valence-corrected chi connectivity index (χ1v) is 6.09. The van der Waals surface area contributed by atoms with E-state index in [1.165, 1.54) is 0 Å². The molecule has 0 saturated heterocycles. The van der Waals surface area contributed by atoms with Gasteiger partial charge in [-0.1, -0.05) is 33.2 Å². The molecule has 1 unspecified atom stereocenters. The van der Waals surface area contributed by atoms with Gasteiger partial charge in [-0.3, -0.25) is 0 Å². The Kier molecular flexibility index (Phi) is 3.61. The molecule has 16 heavy (non-hydrogen) atoms. The third kappa shape index (κ3) is 2.83. The first kappa shape index (κ1) is 11.6. The summed E-state index contributed by atoms with van der Waals surface area (Å²) >= 11 is 9.27. The molecule has 0 aliphatic rings. The maximum absolute atomic E-state index is 5.85. The predicted molar refractivity (Wildman–Crippen MR) is 65.5 cm³/mol. The van der Waals surface area contributed by atoms with E-state index in [1.54, 1.807) is 0 Å². The van der Waals surface area contributed by atoms with E-state index in [2.05, 4.69) is 26.1 Å². The summed E-state index contributed by atoms with van der Waals surface area (Å²) in [5.41, 5.74) is 1.12. The SMILES string of the molecule is CC(Cl)c1noc(Cc2cccc(Br)c2)n1. The molecule has 0 aliphatic heterocycles. The van der Waals surface area contributed by atoms with Crippen LogP contribution in [0.5, 0.6) is 0 Å². The fraction of sp³-hybridized carbons (Fsp3) is 0.273. The molecule has 3 nitrogen and oxygen atoms in total. The molecule has 0 spiro atoms. The zero-order valence-corrected chi connectivity index (χ0v) is 11.0. The minimum Gasteiger partial charge on any atom is -0.339 e. The van der Waals surface area contributed by atoms with Crippen molar-refractivity contribution in [1.82, 2.24) is 10.1 Å². The Labute approximate surface area is 107 Å². The van der Waals surface area contributed by atoms with E-state index in [0.717, 1.165) is 10.0 Å². The molecule has 2 aromatic rings. The van der Waals surface area contributed by atoms with E-state index in [1.807, 2.05) is 31.2 Å². The van der Waals surface area contributed by atoms with Crippen molar-refractivity contribution in [3.63, 3.8) is 0 Å². The van der Waals surface area contributed by atoms with Crippen LogP contribution in [0.25, 0.3) is 0 Å². The zero-order valence-electron chi connectivity index (χ0n) is 8.65. The van der Waals surface area contributed by atoms with Crippen molar-refractivity contribution in [3.8, 4) is 0 Å². The molecule has 2 rings (SSSR count). The average molecular weight is 302 g/mol. The monoisotopic (exact) mass is 300 g/mol. The lowest BCUT2D eigenvalue weighted by Crippen LogP contribution is -1.90. The van der Waals surface area contributed by atoms with Crippen LogP contribution < -0.4 is 0 Å². The lowest BCUT2D eigenvalue weighted by Gasteiger charge is -1.96. The lowest BCUT2D eigenvalue weighted by molar-refractivity contribution is 0.379. The van der Waals surface area contributed by atoms with E-state index >= 15 is 0 Å². The molecular weight excluding hydrogens is 291 g/mol. The second-order valence-electron chi connectivity index (χ2n) is 3.47. The van der Waals surface area contributed by atoms with E-state index in [-0.39, 0.29) is 5.38 Å². The van der Waals surface area contributed by atoms with E-state index in [0.29, 0.717) is 18.1 Å². The number of hydrogen-bond acceptors (Lipinski definition) is 3. The average Bonchev–Trinajstić information content (AvgIpc) is 2.66. The Balaban J connectivity index is 2.14. The van der Waals surface area contributed by atoms with Crippen molar-refractivity contribution in [1.29, 1.82) is 0 Å². The highest BCUT2D eigenvalue weighted by molar-refractivity contribution is 9.10. The molecular formula is C11H10BrClN2O. The van der Waals surface area contributed by atoms with Crippen LogP contribution >= 0.6 is 27.5 Å². The minimum absolute atomic E-state index is 0.222. The van der Waals surface area contributed by atoms with Crippen molar-refractivity contribution in [2.75, 3.05) is 0 Å². The fourth-order valence-electron chi connectivity index (χ4n) is 1.32. The summed E-state index contributed by atoms with van der Waals surface area (Å²) in [7, 11) is 0. The van der Waals surface area contributed by atoms with Crippen LogP contribution in [0.15, 0.2) is 33.3 Å². The lowest BCUT2D eigenvalue weighted by atomic mass is 10.1. The second kappa shape index (κ2) is 4.97. The zero-order chi connectivity index (χ0) is 11.5. The molecule has 84 valence electrons. The molecule has 0 saturated carbocycles. The van der Waals surface area contributed by atoms with E-state index < -0.39 is 0 Å². The summed E-state index contributed by atoms with van der Waals surface area (Å²) in [5, 5.41) is 3.58. The summed E-state index contributed by atoms with van der Waals surface area (Å²) in [5.74, 6) is 1.12. The number of nitrogens with zero attached hydrogens (tertiary/aromatic N) is 2. The van der Waals surface area contributed by atoms with Gasteiger partial charge in [0.1, 0.15) is 0 Å². The Hall–Kier alpha value is -0.870. The Morgan fingerprint density at radius 2 is 2.31 bits per heavy atom. The maximum Gasteiger partial charge on any atom is 0.231 e. The number of aromatic nitrogens is 2. The molecule has 0 aliphatic carbocycles. The first-order chi connectivity index (χ1) is 7.65. The van der Waals surface area contributed by atoms with Crippen LogP contribution in [0.1, 0.15) is 29.6 Å². The molecule has 1 atom stereocenters. The van der Waals surface area contributed by atoms with Crippen molar-refractivity contribution < 1.29 is 4.52 Å². The Morgan fingerprint density at radius 3 is 2.94 bits per heavy atom. The highest BCUT2D eigenvalue weighted by atomic mass is 79.9. The van der Waals surface area contributed by atoms with Crippen LogP contribution in [-0.2, 0) is 6.42 Å². The molecule has 0 N–H and O–H groups in total. The summed E-state index contributed by atoms with van der Waals surface area (Å²) in [6.45, 7) is 1.81. The summed E-state index contributed by atoms with van der Waals surface area (Å²) < 4.78 is 6.15. The van der Waals surface area contributed by atoms with Crippen molar-refractivity contribution in [3.05, 3.63) is 46.0 Å². The number of rotatable bonds is 3. The van der Waals surface area contributed by atoms with E-state index in [4.69, 9.17) is 16.1 Å². The van der Waals surface area contributed by atoms with Crippen LogP contribution in [0.2, 0.25) is 0 Å². The fourth-order valence-corrected chi connectivity index (χ4v) is 1.86. The summed E-state index contributed by atoms with van der Waals surface area (Å²) in [4.78, 5) is 4.21. The van der Waals surface area contributed by atoms with Crippen LogP contribution in [0.4, 0.5) is 0 Å². The predicted octanol–water partition coefficient (Wildman–Crippen LogP) is 3.72. The van der Waals surface area contributed by atoms with Gasteiger partial charge in [0.25, 0.3) is 0 Å². The molecule has 0 radical (unpaired) electrons. The Bertz CT molecular complexity index is 484. The molecule has 5 heteroatoms. The van der Waals surface area contributed by atoms with Gasteiger partial charge < -0.3 is 4.52 Å². The van der Waals surface area contributed by atoms with Crippen molar-refractivity contribution >= 4 is 27.5 Å². The number of benzene rings is 1. The minimum atomic E-state index is -0.222. The third-order valence-electron chi connectivity index (χ3n) is 2.08. The van der Waals surface area contributed by atoms with Gasteiger partial charge in [-0.25, -0.2) is 0 Å². The van der Waals surface area contributed by atoms with Gasteiger partial charge in [-0.2, -0.15) is 4.98 Å². The van der Waals surface area contributed by atoms with Crippen LogP contribution in [0.3, 0.4) is 0 Å². The standard InChI is InChI=1S/C11H10BrClN2O/c1-7(13)11-14-10(16-15-11)6-8-3-2-4-9(12)5-8/h2-5,7H,6H2,1H3. The van der Waals surface area contributed by atoms with Gasteiger partial charge in [0, 0.05) is 4.47 Å². The van der Waals surface area contributed by atoms with Gasteiger partial charge >= 0.3 is 0 Å². The molecule has 0 amide bonds. The largest absolute Gasteiger partial charge is 0.339 e. The number of halogens is 2. The number of hydrogen-bond donors (Lipinski definition) is 0. The second-order valence-corrected chi connectivity index (χ2v) is 5.04. The van der Waals surface area contributed by atoms with Gasteiger partial charge in [0.05, 0.1) is 11.8 Å². The van der Waals surface area contributed by atoms with Crippen LogP contribution in [-0.4, -0.2) is 10.1 Å². The van der Waals surface area contributed by atoms with Gasteiger partial charge in [-0.15, -0.1) is 11.6 Å². The van der Waals surface area contributed by atoms with Crippen molar-refractivity contribution in [2.24, 2.45) is 0 Å². The summed E-state index contributed by atoms with van der Waals surface area (Å²) in [6.07, 6.45) is 0.621. The van der Waals surface area contributed by atoms with Gasteiger partial charge in [0.2, 0.25) is 5.89 Å². The molecule has 0 bridgehead atoms. The van der Waals surface area contributed by atoms with Gasteiger partial charge in [-0.05, 0) is 24.6 Å². The third-order valence-corrected chi connectivity index (χ3v) is 2.77. The van der Waals surface area contributed by atoms with Crippen molar-refractivity contribution in [2.45, 2.75) is 18.7 Å². The molecule has 0 fully saturated rings. The highest BCUT2D eigenvalue weighted by Gasteiger charge is 2.11. The topological polar surface area (TPSA) is 38.9 Å². The van der Waals surface area contributed by atoms with E-state index in [9.17, 15) is 0 Å². The first-order valence-electron chi connectivity index (χ1n) is 4.86. The highest BCUT2D eigenvalue weighted by Crippen LogP contribution is 2.18. The van der Waals surface area contributed by atoms with Gasteiger partial charge in [0.15, 0.2) is 5.82 Å². The smallest absolute Gasteiger partial charge is 0.231 e. The van der Waals surface area contributed by atoms with Crippen LogP contribution in [0, 0.1) is 0 Å². The molecule has 1 heterocycles. The Morgan fingerprint density at radius 1 is 1.50 bits per heavy atom. The molecule has 1 aromatic heterocycles. The normalized spacial score (nSPS) is 12.7. The summed E-state index contributed by atoms with van der Waals surface area (Å²) in [6, 6.07) is 7.98. The quantitative estimate of drug-likeness (QED) is 0.811. The number of alkyl halides is 1. The maximum atomic E-state index is 5.85. The molecule has 1 aromatic carbocycles.